The van der Waals surface area contributed by atoms with Crippen LogP contribution in [-0.4, -0.2) is 5.78 Å². The van der Waals surface area contributed by atoms with Crippen molar-refractivity contribution in [2.24, 2.45) is 33.4 Å². The Bertz CT molecular complexity index is 956. The molecule has 0 amide bonds. The molecule has 32 heavy (non-hydrogen) atoms. The van der Waals surface area contributed by atoms with Gasteiger partial charge in [-0.15, -0.1) is 0 Å². The lowest BCUT2D eigenvalue weighted by atomic mass is 9.62. The topological polar surface area (TPSA) is 115 Å². The van der Waals surface area contributed by atoms with Gasteiger partial charge in [0, 0.05) is 33.0 Å². The van der Waals surface area contributed by atoms with Gasteiger partial charge >= 0.3 is 0 Å². The summed E-state index contributed by atoms with van der Waals surface area (Å²) in [5.74, 6) is 0.784. The monoisotopic (exact) mass is 430 g/mol. The zero-order chi connectivity index (χ0) is 23.1. The molecule has 0 aliphatic heterocycles. The Balaban J connectivity index is 1.81. The number of carbonyl (C=O) groups excluding carboxylic acids is 1. The highest BCUT2D eigenvalue weighted by atomic mass is 16.1. The van der Waals surface area contributed by atoms with Crippen LogP contribution in [0, 0.1) is 23.2 Å². The smallest absolute Gasteiger partial charge is 0.139 e. The molecule has 1 aliphatic carbocycles. The van der Waals surface area contributed by atoms with Crippen LogP contribution in [0.15, 0.2) is 58.8 Å². The number of hydrogen-bond donors (Lipinski definition) is 0. The lowest BCUT2D eigenvalue weighted by Crippen LogP contribution is -2.40. The number of benzene rings is 2. The van der Waals surface area contributed by atoms with Crippen LogP contribution < -0.4 is 0 Å². The molecular weight excluding hydrogens is 400 g/mol. The van der Waals surface area contributed by atoms with Crippen LogP contribution in [0.1, 0.15) is 51.2 Å². The van der Waals surface area contributed by atoms with Crippen molar-refractivity contribution in [1.82, 2.24) is 0 Å². The molecule has 2 aromatic carbocycles. The highest BCUT2D eigenvalue weighted by molar-refractivity contribution is 5.85. The van der Waals surface area contributed by atoms with E-state index < -0.39 is 0 Å². The molecule has 1 saturated carbocycles. The van der Waals surface area contributed by atoms with E-state index in [1.807, 2.05) is 24.3 Å². The highest BCUT2D eigenvalue weighted by Crippen LogP contribution is 2.45. The number of ketones is 1. The van der Waals surface area contributed by atoms with Gasteiger partial charge in [0.15, 0.2) is 0 Å². The fourth-order valence-corrected chi connectivity index (χ4v) is 4.71. The summed E-state index contributed by atoms with van der Waals surface area (Å²) < 4.78 is 0. The Morgan fingerprint density at radius 3 is 1.59 bits per heavy atom. The molecule has 2 unspecified atom stereocenters. The first kappa shape index (κ1) is 23.4. The third-order valence-corrected chi connectivity index (χ3v) is 7.12. The van der Waals surface area contributed by atoms with E-state index in [2.05, 4.69) is 40.8 Å². The first-order valence-corrected chi connectivity index (χ1v) is 11.2. The van der Waals surface area contributed by atoms with Crippen LogP contribution in [0.25, 0.3) is 20.9 Å². The minimum Gasteiger partial charge on any atom is -0.299 e. The SMILES string of the molecule is CCC(C)(C)C1CC(Cc2ccc(N=[N+]=[N-])cc2)C(=O)C(Cc2ccc(N=[N+]=[N-])cc2)C1. The molecule has 2 aromatic rings. The van der Waals surface area contributed by atoms with Crippen molar-refractivity contribution in [2.75, 3.05) is 0 Å². The molecule has 0 radical (unpaired) electrons. The Morgan fingerprint density at radius 1 is 0.844 bits per heavy atom. The molecule has 166 valence electrons. The van der Waals surface area contributed by atoms with E-state index in [9.17, 15) is 4.79 Å². The summed E-state index contributed by atoms with van der Waals surface area (Å²) >= 11 is 0. The number of carbonyl (C=O) groups is 1. The fourth-order valence-electron chi connectivity index (χ4n) is 4.71. The zero-order valence-corrected chi connectivity index (χ0v) is 19.0. The second kappa shape index (κ2) is 10.4. The molecule has 0 aromatic heterocycles. The van der Waals surface area contributed by atoms with Crippen LogP contribution in [0.4, 0.5) is 11.4 Å². The largest absolute Gasteiger partial charge is 0.299 e. The molecule has 0 heterocycles. The molecular formula is C25H30N6O. The van der Waals surface area contributed by atoms with E-state index in [0.29, 0.717) is 35.9 Å². The van der Waals surface area contributed by atoms with Crippen molar-refractivity contribution in [1.29, 1.82) is 0 Å². The quantitative estimate of drug-likeness (QED) is 0.235. The molecule has 7 nitrogen and oxygen atoms in total. The predicted molar refractivity (Wildman–Crippen MR) is 127 cm³/mol. The predicted octanol–water partition coefficient (Wildman–Crippen LogP) is 8.00. The van der Waals surface area contributed by atoms with Crippen molar-refractivity contribution >= 4 is 17.2 Å². The molecule has 7 heteroatoms. The minimum atomic E-state index is -0.0163. The maximum absolute atomic E-state index is 13.5. The molecule has 0 bridgehead atoms. The summed E-state index contributed by atoms with van der Waals surface area (Å²) in [5.41, 5.74) is 20.7. The summed E-state index contributed by atoms with van der Waals surface area (Å²) in [5, 5.41) is 7.26. The average Bonchev–Trinajstić information content (AvgIpc) is 2.79. The van der Waals surface area contributed by atoms with Crippen molar-refractivity contribution in [3.8, 4) is 0 Å². The zero-order valence-electron chi connectivity index (χ0n) is 19.0. The van der Waals surface area contributed by atoms with E-state index in [0.717, 1.165) is 30.4 Å². The van der Waals surface area contributed by atoms with Crippen LogP contribution in [0.5, 0.6) is 0 Å². The van der Waals surface area contributed by atoms with E-state index in [1.54, 1.807) is 24.3 Å². The second-order valence-corrected chi connectivity index (χ2v) is 9.43. The Hall–Kier alpha value is -3.27. The maximum Gasteiger partial charge on any atom is 0.139 e. The number of azide groups is 2. The number of Topliss-reactive ketones (excluding diaryl/α,β-unsaturated/α-hetero) is 1. The standard InChI is InChI=1S/C25H30N6O/c1-4-25(2,3)21-15-19(13-17-5-9-22(10-6-17)28-30-26)24(32)20(16-21)14-18-7-11-23(12-8-18)29-31-27/h5-12,19-21H,4,13-16H2,1-3H3. The van der Waals surface area contributed by atoms with Gasteiger partial charge in [-0.25, -0.2) is 0 Å². The van der Waals surface area contributed by atoms with E-state index >= 15 is 0 Å². The number of nitrogens with zero attached hydrogens (tertiary/aromatic N) is 6. The third-order valence-electron chi connectivity index (χ3n) is 7.12. The Morgan fingerprint density at radius 2 is 1.25 bits per heavy atom. The van der Waals surface area contributed by atoms with Crippen LogP contribution >= 0.6 is 0 Å². The lowest BCUT2D eigenvalue weighted by Gasteiger charge is -2.42. The maximum atomic E-state index is 13.5. The summed E-state index contributed by atoms with van der Waals surface area (Å²) in [4.78, 5) is 19.1. The van der Waals surface area contributed by atoms with Gasteiger partial charge in [0.05, 0.1) is 0 Å². The van der Waals surface area contributed by atoms with Crippen molar-refractivity contribution in [3.05, 3.63) is 80.5 Å². The first-order valence-electron chi connectivity index (χ1n) is 11.2. The van der Waals surface area contributed by atoms with E-state index in [1.165, 1.54) is 0 Å². The van der Waals surface area contributed by atoms with E-state index in [4.69, 9.17) is 11.1 Å². The van der Waals surface area contributed by atoms with Gasteiger partial charge in [0.2, 0.25) is 0 Å². The van der Waals surface area contributed by atoms with Gasteiger partial charge in [-0.05, 0) is 59.2 Å². The van der Waals surface area contributed by atoms with Crippen LogP contribution in [0.3, 0.4) is 0 Å². The average molecular weight is 431 g/mol. The van der Waals surface area contributed by atoms with E-state index in [-0.39, 0.29) is 17.3 Å². The molecule has 1 fully saturated rings. The second-order valence-electron chi connectivity index (χ2n) is 9.43. The van der Waals surface area contributed by atoms with Gasteiger partial charge in [-0.1, -0.05) is 86.0 Å². The van der Waals surface area contributed by atoms with Crippen molar-refractivity contribution < 1.29 is 4.79 Å². The normalized spacial score (nSPS) is 20.8. The summed E-state index contributed by atoms with van der Waals surface area (Å²) in [7, 11) is 0. The van der Waals surface area contributed by atoms with Gasteiger partial charge in [0.1, 0.15) is 5.78 Å². The van der Waals surface area contributed by atoms with Gasteiger partial charge in [0.25, 0.3) is 0 Å². The van der Waals surface area contributed by atoms with Crippen molar-refractivity contribution in [3.63, 3.8) is 0 Å². The van der Waals surface area contributed by atoms with Crippen LogP contribution in [-0.2, 0) is 17.6 Å². The summed E-state index contributed by atoms with van der Waals surface area (Å²) in [6, 6.07) is 15.0. The molecule has 1 aliphatic rings. The summed E-state index contributed by atoms with van der Waals surface area (Å²) in [6.45, 7) is 6.85. The number of hydrogen-bond acceptors (Lipinski definition) is 3. The summed E-state index contributed by atoms with van der Waals surface area (Å²) in [6.07, 6.45) is 4.30. The molecule has 2 atom stereocenters. The van der Waals surface area contributed by atoms with Crippen LogP contribution in [0.2, 0.25) is 0 Å². The molecule has 3 rings (SSSR count). The first-order chi connectivity index (χ1) is 15.4. The minimum absolute atomic E-state index is 0.0163. The molecule has 0 N–H and O–H groups in total. The van der Waals surface area contributed by atoms with Gasteiger partial charge in [-0.2, -0.15) is 0 Å². The molecule has 0 saturated heterocycles. The molecule has 0 spiro atoms. The third kappa shape index (κ3) is 5.70. The van der Waals surface area contributed by atoms with Gasteiger partial charge in [-0.3, -0.25) is 4.79 Å². The Kier molecular flexibility index (Phi) is 7.57. The Labute approximate surface area is 189 Å². The highest BCUT2D eigenvalue weighted by Gasteiger charge is 2.41. The fraction of sp³-hybridized carbons (Fsp3) is 0.480. The van der Waals surface area contributed by atoms with Gasteiger partial charge < -0.3 is 0 Å². The van der Waals surface area contributed by atoms with Crippen molar-refractivity contribution in [2.45, 2.75) is 52.9 Å². The number of rotatable bonds is 8. The lowest BCUT2D eigenvalue weighted by molar-refractivity contribution is -0.132.